The monoisotopic (exact) mass is 381 g/mol. The molecule has 29 heavy (non-hydrogen) atoms. The van der Waals surface area contributed by atoms with Crippen LogP contribution in [0.4, 0.5) is 0 Å². The molecule has 0 radical (unpaired) electrons. The van der Waals surface area contributed by atoms with Gasteiger partial charge < -0.3 is 13.7 Å². The van der Waals surface area contributed by atoms with Gasteiger partial charge >= 0.3 is 0 Å². The zero-order valence-corrected chi connectivity index (χ0v) is 16.2. The lowest BCUT2D eigenvalue weighted by Gasteiger charge is -2.07. The van der Waals surface area contributed by atoms with E-state index in [0.717, 1.165) is 50.4 Å². The van der Waals surface area contributed by atoms with Gasteiger partial charge in [-0.1, -0.05) is 65.8 Å². The Morgan fingerprint density at radius 3 is 2.14 bits per heavy atom. The minimum atomic E-state index is 0.693. The Balaban J connectivity index is 1.84. The first-order chi connectivity index (χ1) is 14.2. The van der Waals surface area contributed by atoms with Gasteiger partial charge in [-0.25, -0.2) is 0 Å². The minimum absolute atomic E-state index is 0.693. The molecular formula is C25H19NO3. The highest BCUT2D eigenvalue weighted by Gasteiger charge is 2.21. The van der Waals surface area contributed by atoms with Crippen molar-refractivity contribution in [3.8, 4) is 39.5 Å². The number of ether oxygens (including phenoxy) is 1. The molecule has 0 saturated carbocycles. The number of methoxy groups -OCH3 is 1. The first kappa shape index (κ1) is 17.3. The van der Waals surface area contributed by atoms with E-state index in [1.807, 2.05) is 55.5 Å². The number of hydrogen-bond acceptors (Lipinski definition) is 4. The third-order valence-electron chi connectivity index (χ3n) is 5.01. The van der Waals surface area contributed by atoms with Crippen molar-refractivity contribution in [3.05, 3.63) is 84.6 Å². The summed E-state index contributed by atoms with van der Waals surface area (Å²) in [5.74, 6) is 2.28. The Kier molecular flexibility index (Phi) is 4.17. The molecule has 4 heteroatoms. The van der Waals surface area contributed by atoms with Crippen LogP contribution in [0.1, 0.15) is 5.76 Å². The van der Waals surface area contributed by atoms with Gasteiger partial charge in [0.05, 0.1) is 7.11 Å². The summed E-state index contributed by atoms with van der Waals surface area (Å²) in [6.45, 7) is 1.88. The van der Waals surface area contributed by atoms with Crippen molar-refractivity contribution < 1.29 is 13.7 Å². The van der Waals surface area contributed by atoms with E-state index in [4.69, 9.17) is 13.7 Å². The van der Waals surface area contributed by atoms with Crippen molar-refractivity contribution in [2.24, 2.45) is 0 Å². The topological polar surface area (TPSA) is 48.4 Å². The lowest BCUT2D eigenvalue weighted by Crippen LogP contribution is -1.88. The van der Waals surface area contributed by atoms with Crippen molar-refractivity contribution in [2.45, 2.75) is 6.92 Å². The normalized spacial score (nSPS) is 11.1. The molecule has 2 aromatic heterocycles. The third kappa shape index (κ3) is 2.99. The molecule has 4 nitrogen and oxygen atoms in total. The molecule has 0 aliphatic carbocycles. The van der Waals surface area contributed by atoms with E-state index in [9.17, 15) is 0 Å². The Morgan fingerprint density at radius 1 is 0.828 bits per heavy atom. The fourth-order valence-electron chi connectivity index (χ4n) is 3.67. The van der Waals surface area contributed by atoms with Crippen molar-refractivity contribution in [1.82, 2.24) is 5.16 Å². The number of furan rings is 1. The number of hydrogen-bond donors (Lipinski definition) is 0. The maximum atomic E-state index is 6.35. The second-order valence-electron chi connectivity index (χ2n) is 6.91. The summed E-state index contributed by atoms with van der Waals surface area (Å²) in [6, 6.07) is 26.3. The second-order valence-corrected chi connectivity index (χ2v) is 6.91. The number of benzene rings is 3. The number of aromatic nitrogens is 1. The Morgan fingerprint density at radius 2 is 1.52 bits per heavy atom. The van der Waals surface area contributed by atoms with Gasteiger partial charge in [0.2, 0.25) is 0 Å². The SMILES string of the molecule is COc1cc2oc(-c3ccccc3)c(-c3ccccc3)c2cc1-c1cc(C)on1. The van der Waals surface area contributed by atoms with E-state index >= 15 is 0 Å². The molecule has 0 atom stereocenters. The molecule has 0 aliphatic rings. The number of nitrogens with zero attached hydrogens (tertiary/aromatic N) is 1. The molecule has 0 saturated heterocycles. The van der Waals surface area contributed by atoms with Crippen LogP contribution in [-0.4, -0.2) is 12.3 Å². The van der Waals surface area contributed by atoms with Crippen LogP contribution in [0.25, 0.3) is 44.7 Å². The first-order valence-corrected chi connectivity index (χ1v) is 9.43. The van der Waals surface area contributed by atoms with Crippen molar-refractivity contribution in [3.63, 3.8) is 0 Å². The van der Waals surface area contributed by atoms with Gasteiger partial charge in [-0.05, 0) is 18.6 Å². The molecular weight excluding hydrogens is 362 g/mol. The van der Waals surface area contributed by atoms with E-state index in [1.165, 1.54) is 0 Å². The zero-order chi connectivity index (χ0) is 19.8. The predicted octanol–water partition coefficient (Wildman–Crippen LogP) is 6.74. The number of aryl methyl sites for hydroxylation is 1. The average molecular weight is 381 g/mol. The summed E-state index contributed by atoms with van der Waals surface area (Å²) in [5, 5.41) is 5.19. The van der Waals surface area contributed by atoms with E-state index in [-0.39, 0.29) is 0 Å². The molecule has 0 N–H and O–H groups in total. The molecule has 0 fully saturated rings. The van der Waals surface area contributed by atoms with Gasteiger partial charge in [0.25, 0.3) is 0 Å². The van der Waals surface area contributed by atoms with Gasteiger partial charge in [-0.3, -0.25) is 0 Å². The van der Waals surface area contributed by atoms with Crippen molar-refractivity contribution >= 4 is 11.0 Å². The molecule has 0 unspecified atom stereocenters. The van der Waals surface area contributed by atoms with Crippen LogP contribution in [0.2, 0.25) is 0 Å². The van der Waals surface area contributed by atoms with E-state index in [1.54, 1.807) is 7.11 Å². The highest BCUT2D eigenvalue weighted by Crippen LogP contribution is 2.44. The summed E-state index contributed by atoms with van der Waals surface area (Å²) in [6.07, 6.45) is 0. The van der Waals surface area contributed by atoms with Crippen LogP contribution < -0.4 is 4.74 Å². The minimum Gasteiger partial charge on any atom is -0.496 e. The van der Waals surface area contributed by atoms with Crippen LogP contribution in [0.5, 0.6) is 5.75 Å². The van der Waals surface area contributed by atoms with E-state index in [2.05, 4.69) is 35.5 Å². The van der Waals surface area contributed by atoms with Crippen molar-refractivity contribution in [1.29, 1.82) is 0 Å². The average Bonchev–Trinajstić information content (AvgIpc) is 3.37. The van der Waals surface area contributed by atoms with E-state index < -0.39 is 0 Å². The molecule has 0 spiro atoms. The standard InChI is InChI=1S/C25H19NO3/c1-16-13-21(26-29-16)19-14-20-23(15-22(19)27-2)28-25(18-11-7-4-8-12-18)24(20)17-9-5-3-6-10-17/h3-15H,1-2H3. The first-order valence-electron chi connectivity index (χ1n) is 9.43. The quantitative estimate of drug-likeness (QED) is 0.346. The van der Waals surface area contributed by atoms with Gasteiger partial charge in [0.15, 0.2) is 0 Å². The summed E-state index contributed by atoms with van der Waals surface area (Å²) in [4.78, 5) is 0. The molecule has 5 rings (SSSR count). The maximum Gasteiger partial charge on any atom is 0.143 e. The summed E-state index contributed by atoms with van der Waals surface area (Å²) in [5.41, 5.74) is 5.55. The molecule has 5 aromatic rings. The lowest BCUT2D eigenvalue weighted by atomic mass is 9.97. The molecule has 2 heterocycles. The summed E-state index contributed by atoms with van der Waals surface area (Å²) in [7, 11) is 1.65. The Hall–Kier alpha value is -3.79. The largest absolute Gasteiger partial charge is 0.496 e. The van der Waals surface area contributed by atoms with Crippen LogP contribution in [0.3, 0.4) is 0 Å². The second kappa shape index (κ2) is 6.99. The smallest absolute Gasteiger partial charge is 0.143 e. The molecule has 0 bridgehead atoms. The number of fused-ring (bicyclic) bond motifs is 1. The van der Waals surface area contributed by atoms with Gasteiger partial charge in [0.1, 0.15) is 28.5 Å². The van der Waals surface area contributed by atoms with Gasteiger partial charge in [-0.15, -0.1) is 0 Å². The van der Waals surface area contributed by atoms with Crippen molar-refractivity contribution in [2.75, 3.05) is 7.11 Å². The molecule has 0 aliphatic heterocycles. The van der Waals surface area contributed by atoms with Crippen LogP contribution in [-0.2, 0) is 0 Å². The Labute approximate surface area is 168 Å². The summed E-state index contributed by atoms with van der Waals surface area (Å²) < 4.78 is 17.3. The fraction of sp³-hybridized carbons (Fsp3) is 0.0800. The third-order valence-corrected chi connectivity index (χ3v) is 5.01. The van der Waals surface area contributed by atoms with Gasteiger partial charge in [0, 0.05) is 34.2 Å². The summed E-state index contributed by atoms with van der Waals surface area (Å²) >= 11 is 0. The van der Waals surface area contributed by atoms with Gasteiger partial charge in [-0.2, -0.15) is 0 Å². The Bertz CT molecular complexity index is 1280. The van der Waals surface area contributed by atoms with Crippen LogP contribution >= 0.6 is 0 Å². The fourth-order valence-corrected chi connectivity index (χ4v) is 3.67. The van der Waals surface area contributed by atoms with Crippen LogP contribution in [0, 0.1) is 6.92 Å². The van der Waals surface area contributed by atoms with E-state index in [0.29, 0.717) is 5.75 Å². The molecule has 3 aromatic carbocycles. The van der Waals surface area contributed by atoms with Crippen LogP contribution in [0.15, 0.2) is 87.8 Å². The lowest BCUT2D eigenvalue weighted by molar-refractivity contribution is 0.397. The highest BCUT2D eigenvalue weighted by atomic mass is 16.5. The number of rotatable bonds is 4. The maximum absolute atomic E-state index is 6.35. The zero-order valence-electron chi connectivity index (χ0n) is 16.2. The predicted molar refractivity (Wildman–Crippen MR) is 114 cm³/mol. The molecule has 142 valence electrons. The highest BCUT2D eigenvalue weighted by molar-refractivity contribution is 6.04. The molecule has 0 amide bonds.